The molecule has 0 aliphatic rings. The van der Waals surface area contributed by atoms with Crippen LogP contribution in [0.4, 0.5) is 5.13 Å². The molecule has 1 amide bonds. The lowest BCUT2D eigenvalue weighted by atomic mass is 10.3. The summed E-state index contributed by atoms with van der Waals surface area (Å²) in [5, 5.41) is 6.91. The Hall–Kier alpha value is -1.66. The van der Waals surface area contributed by atoms with Crippen LogP contribution in [0.2, 0.25) is 0 Å². The van der Waals surface area contributed by atoms with Crippen molar-refractivity contribution >= 4 is 32.6 Å². The molecule has 0 saturated carbocycles. The number of amides is 1. The minimum absolute atomic E-state index is 0.0852. The van der Waals surface area contributed by atoms with Crippen molar-refractivity contribution in [1.82, 2.24) is 10.3 Å². The number of fused-ring (bicyclic) bond motifs is 1. The Balaban J connectivity index is 1.74. The van der Waals surface area contributed by atoms with Crippen LogP contribution in [0, 0.1) is 0 Å². The van der Waals surface area contributed by atoms with E-state index in [1.54, 1.807) is 18.3 Å². The van der Waals surface area contributed by atoms with Gasteiger partial charge in [0.15, 0.2) is 5.13 Å². The molecule has 2 aromatic rings. The van der Waals surface area contributed by atoms with Gasteiger partial charge in [0, 0.05) is 19.7 Å². The summed E-state index contributed by atoms with van der Waals surface area (Å²) in [6.07, 6.45) is -0.401. The fraction of sp³-hybridized carbons (Fsp3) is 0.429. The van der Waals surface area contributed by atoms with E-state index in [0.717, 1.165) is 15.3 Å². The molecule has 1 heterocycles. The van der Waals surface area contributed by atoms with Crippen molar-refractivity contribution in [2.75, 3.05) is 25.0 Å². The maximum absolute atomic E-state index is 11.6. The molecule has 1 atom stereocenters. The number of ether oxygens (including phenoxy) is 1. The number of nitrogens with one attached hydrogen (secondary N) is 2. The Labute approximate surface area is 122 Å². The normalized spacial score (nSPS) is 12.3. The van der Waals surface area contributed by atoms with Crippen LogP contribution in [0.1, 0.15) is 13.8 Å². The van der Waals surface area contributed by atoms with Crippen molar-refractivity contribution in [3.63, 3.8) is 0 Å². The second-order valence-corrected chi connectivity index (χ2v) is 5.33. The van der Waals surface area contributed by atoms with Crippen LogP contribution in [-0.2, 0) is 9.53 Å². The number of hydrogen-bond acceptors (Lipinski definition) is 5. The molecule has 20 heavy (non-hydrogen) atoms. The first-order valence-electron chi connectivity index (χ1n) is 6.69. The van der Waals surface area contributed by atoms with Crippen molar-refractivity contribution < 1.29 is 9.53 Å². The van der Waals surface area contributed by atoms with Crippen LogP contribution in [0.3, 0.4) is 0 Å². The lowest BCUT2D eigenvalue weighted by Crippen LogP contribution is -2.37. The molecule has 0 fully saturated rings. The molecular weight excluding hydrogens is 274 g/mol. The maximum Gasteiger partial charge on any atom is 0.248 e. The molecule has 0 spiro atoms. The zero-order chi connectivity index (χ0) is 14.4. The second kappa shape index (κ2) is 7.21. The Morgan fingerprint density at radius 2 is 2.20 bits per heavy atom. The highest BCUT2D eigenvalue weighted by molar-refractivity contribution is 7.22. The maximum atomic E-state index is 11.6. The predicted molar refractivity (Wildman–Crippen MR) is 82.2 cm³/mol. The quantitative estimate of drug-likeness (QED) is 0.769. The van der Waals surface area contributed by atoms with E-state index in [9.17, 15) is 4.79 Å². The summed E-state index contributed by atoms with van der Waals surface area (Å²) in [4.78, 5) is 16.1. The van der Waals surface area contributed by atoms with E-state index >= 15 is 0 Å². The van der Waals surface area contributed by atoms with Crippen molar-refractivity contribution in [2.24, 2.45) is 0 Å². The Morgan fingerprint density at radius 1 is 1.40 bits per heavy atom. The number of para-hydroxylation sites is 1. The zero-order valence-electron chi connectivity index (χ0n) is 11.7. The summed E-state index contributed by atoms with van der Waals surface area (Å²) in [6, 6.07) is 8.01. The number of benzene rings is 1. The van der Waals surface area contributed by atoms with Crippen molar-refractivity contribution in [2.45, 2.75) is 20.0 Å². The van der Waals surface area contributed by atoms with Gasteiger partial charge in [0.1, 0.15) is 6.10 Å². The molecular formula is C14H19N3O2S. The standard InChI is InChI=1S/C14H19N3O2S/c1-3-19-10(2)13(18)15-8-9-16-14-17-11-6-4-5-7-12(11)20-14/h4-7,10H,3,8-9H2,1-2H3,(H,15,18)(H,16,17). The molecule has 2 N–H and O–H groups in total. The average Bonchev–Trinajstić information content (AvgIpc) is 2.86. The van der Waals surface area contributed by atoms with Gasteiger partial charge in [0.25, 0.3) is 0 Å². The van der Waals surface area contributed by atoms with Gasteiger partial charge in [-0.25, -0.2) is 4.98 Å². The van der Waals surface area contributed by atoms with Crippen molar-refractivity contribution in [3.05, 3.63) is 24.3 Å². The summed E-state index contributed by atoms with van der Waals surface area (Å²) in [5.74, 6) is -0.0852. The van der Waals surface area contributed by atoms with Crippen LogP contribution in [-0.4, -0.2) is 36.7 Å². The predicted octanol–water partition coefficient (Wildman–Crippen LogP) is 2.25. The summed E-state index contributed by atoms with van der Waals surface area (Å²) >= 11 is 1.61. The number of anilines is 1. The minimum Gasteiger partial charge on any atom is -0.369 e. The number of nitrogens with zero attached hydrogens (tertiary/aromatic N) is 1. The van der Waals surface area contributed by atoms with E-state index in [2.05, 4.69) is 15.6 Å². The first-order chi connectivity index (χ1) is 9.70. The molecule has 1 aromatic heterocycles. The largest absolute Gasteiger partial charge is 0.369 e. The highest BCUT2D eigenvalue weighted by atomic mass is 32.1. The second-order valence-electron chi connectivity index (χ2n) is 4.30. The molecule has 5 nitrogen and oxygen atoms in total. The van der Waals surface area contributed by atoms with Gasteiger partial charge in [0.2, 0.25) is 5.91 Å². The van der Waals surface area contributed by atoms with E-state index in [0.29, 0.717) is 19.7 Å². The van der Waals surface area contributed by atoms with Gasteiger partial charge in [-0.15, -0.1) is 0 Å². The first kappa shape index (κ1) is 14.7. The van der Waals surface area contributed by atoms with E-state index in [1.807, 2.05) is 31.2 Å². The fourth-order valence-electron chi connectivity index (χ4n) is 1.77. The summed E-state index contributed by atoms with van der Waals surface area (Å²) in [6.45, 7) is 5.35. The van der Waals surface area contributed by atoms with Gasteiger partial charge in [-0.2, -0.15) is 0 Å². The van der Waals surface area contributed by atoms with Crippen LogP contribution in [0.5, 0.6) is 0 Å². The molecule has 0 radical (unpaired) electrons. The van der Waals surface area contributed by atoms with Gasteiger partial charge >= 0.3 is 0 Å². The lowest BCUT2D eigenvalue weighted by molar-refractivity contribution is -0.131. The summed E-state index contributed by atoms with van der Waals surface area (Å²) < 4.78 is 6.37. The molecule has 0 aliphatic carbocycles. The van der Waals surface area contributed by atoms with Gasteiger partial charge in [0.05, 0.1) is 10.2 Å². The van der Waals surface area contributed by atoms with Crippen LogP contribution < -0.4 is 10.6 Å². The topological polar surface area (TPSA) is 63.2 Å². The molecule has 108 valence electrons. The Morgan fingerprint density at radius 3 is 2.95 bits per heavy atom. The molecule has 1 aromatic carbocycles. The van der Waals surface area contributed by atoms with E-state index in [1.165, 1.54) is 0 Å². The van der Waals surface area contributed by atoms with Crippen LogP contribution in [0.25, 0.3) is 10.2 Å². The highest BCUT2D eigenvalue weighted by Crippen LogP contribution is 2.24. The SMILES string of the molecule is CCOC(C)C(=O)NCCNc1nc2ccccc2s1. The third-order valence-electron chi connectivity index (χ3n) is 2.78. The zero-order valence-corrected chi connectivity index (χ0v) is 12.5. The molecule has 0 bridgehead atoms. The molecule has 2 rings (SSSR count). The number of thiazole rings is 1. The lowest BCUT2D eigenvalue weighted by Gasteiger charge is -2.11. The van der Waals surface area contributed by atoms with Crippen LogP contribution >= 0.6 is 11.3 Å². The van der Waals surface area contributed by atoms with E-state index < -0.39 is 6.10 Å². The van der Waals surface area contributed by atoms with Gasteiger partial charge in [-0.1, -0.05) is 23.5 Å². The van der Waals surface area contributed by atoms with E-state index in [-0.39, 0.29) is 5.91 Å². The molecule has 0 aliphatic heterocycles. The van der Waals surface area contributed by atoms with Crippen LogP contribution in [0.15, 0.2) is 24.3 Å². The summed E-state index contributed by atoms with van der Waals surface area (Å²) in [7, 11) is 0. The number of carbonyl (C=O) groups is 1. The highest BCUT2D eigenvalue weighted by Gasteiger charge is 2.11. The van der Waals surface area contributed by atoms with Crippen molar-refractivity contribution in [1.29, 1.82) is 0 Å². The smallest absolute Gasteiger partial charge is 0.248 e. The van der Waals surface area contributed by atoms with E-state index in [4.69, 9.17) is 4.74 Å². The number of aromatic nitrogens is 1. The fourth-order valence-corrected chi connectivity index (χ4v) is 2.66. The van der Waals surface area contributed by atoms with Gasteiger partial charge in [-0.3, -0.25) is 4.79 Å². The monoisotopic (exact) mass is 293 g/mol. The van der Waals surface area contributed by atoms with Gasteiger partial charge in [-0.05, 0) is 26.0 Å². The first-order valence-corrected chi connectivity index (χ1v) is 7.51. The van der Waals surface area contributed by atoms with Gasteiger partial charge < -0.3 is 15.4 Å². The number of hydrogen-bond donors (Lipinski definition) is 2. The molecule has 1 unspecified atom stereocenters. The summed E-state index contributed by atoms with van der Waals surface area (Å²) in [5.41, 5.74) is 0.994. The number of carbonyl (C=O) groups excluding carboxylic acids is 1. The third kappa shape index (κ3) is 3.91. The Bertz CT molecular complexity index is 537. The minimum atomic E-state index is -0.401. The molecule has 0 saturated heterocycles. The third-order valence-corrected chi connectivity index (χ3v) is 3.77. The van der Waals surface area contributed by atoms with Crippen molar-refractivity contribution in [3.8, 4) is 0 Å². The number of rotatable bonds is 7. The molecule has 6 heteroatoms. The Kier molecular flexibility index (Phi) is 5.31. The average molecular weight is 293 g/mol.